The fourth-order valence-corrected chi connectivity index (χ4v) is 3.93. The van der Waals surface area contributed by atoms with Crippen molar-refractivity contribution in [3.63, 3.8) is 0 Å². The van der Waals surface area contributed by atoms with Gasteiger partial charge in [0, 0.05) is 5.56 Å². The van der Waals surface area contributed by atoms with E-state index in [0.717, 1.165) is 28.6 Å². The summed E-state index contributed by atoms with van der Waals surface area (Å²) in [7, 11) is 0. The molecule has 0 radical (unpaired) electrons. The second kappa shape index (κ2) is 13.7. The molecule has 7 heteroatoms. The summed E-state index contributed by atoms with van der Waals surface area (Å²) in [6.07, 6.45) is 4.57. The first kappa shape index (κ1) is 25.7. The number of amides is 1. The van der Waals surface area contributed by atoms with Crippen LogP contribution in [-0.2, 0) is 6.61 Å². The van der Waals surface area contributed by atoms with Gasteiger partial charge in [-0.1, -0.05) is 68.7 Å². The van der Waals surface area contributed by atoms with E-state index in [9.17, 15) is 4.79 Å². The molecule has 0 bridgehead atoms. The fraction of sp³-hybridized carbons (Fsp3) is 0.259. The van der Waals surface area contributed by atoms with Gasteiger partial charge in [-0.25, -0.2) is 0 Å². The van der Waals surface area contributed by atoms with E-state index in [1.165, 1.54) is 12.8 Å². The number of halogens is 1. The second-order valence-corrected chi connectivity index (χ2v) is 9.00. The second-order valence-electron chi connectivity index (χ2n) is 7.73. The van der Waals surface area contributed by atoms with Crippen LogP contribution in [0.4, 0.5) is 5.69 Å². The molecule has 3 rings (SSSR count). The predicted molar refractivity (Wildman–Crippen MR) is 145 cm³/mol. The molecule has 1 amide bonds. The van der Waals surface area contributed by atoms with Gasteiger partial charge in [0.2, 0.25) is 0 Å². The van der Waals surface area contributed by atoms with Crippen LogP contribution >= 0.6 is 28.1 Å². The van der Waals surface area contributed by atoms with Crippen LogP contribution in [0.25, 0.3) is 0 Å². The zero-order chi connectivity index (χ0) is 24.2. The third-order valence-corrected chi connectivity index (χ3v) is 5.87. The SMILES string of the molecule is CCCCCCOc1ccc(C(=O)NC(=S)Nc2ccccc2OCc2ccccc2)cc1Br. The van der Waals surface area contributed by atoms with Crippen molar-refractivity contribution in [3.8, 4) is 11.5 Å². The third kappa shape index (κ3) is 8.15. The van der Waals surface area contributed by atoms with Crippen LogP contribution in [-0.4, -0.2) is 17.6 Å². The van der Waals surface area contributed by atoms with Crippen LogP contribution < -0.4 is 20.1 Å². The number of para-hydroxylation sites is 2. The molecular formula is C27H29BrN2O3S. The Balaban J connectivity index is 1.54. The van der Waals surface area contributed by atoms with Crippen LogP contribution in [0.5, 0.6) is 11.5 Å². The van der Waals surface area contributed by atoms with E-state index in [1.807, 2.05) is 54.6 Å². The summed E-state index contributed by atoms with van der Waals surface area (Å²) in [6.45, 7) is 3.27. The Kier molecular flexibility index (Phi) is 10.4. The summed E-state index contributed by atoms with van der Waals surface area (Å²) < 4.78 is 12.5. The molecule has 0 aliphatic rings. The number of anilines is 1. The minimum absolute atomic E-state index is 0.188. The zero-order valence-electron chi connectivity index (χ0n) is 19.2. The lowest BCUT2D eigenvalue weighted by Crippen LogP contribution is -2.34. The first-order valence-corrected chi connectivity index (χ1v) is 12.6. The molecule has 0 fully saturated rings. The van der Waals surface area contributed by atoms with Gasteiger partial charge in [0.05, 0.1) is 16.8 Å². The highest BCUT2D eigenvalue weighted by molar-refractivity contribution is 9.10. The van der Waals surface area contributed by atoms with Crippen molar-refractivity contribution >= 4 is 44.9 Å². The number of nitrogens with one attached hydrogen (secondary N) is 2. The molecule has 0 spiro atoms. The Labute approximate surface area is 215 Å². The Bertz CT molecular complexity index is 1090. The lowest BCUT2D eigenvalue weighted by atomic mass is 10.2. The standard InChI is InChI=1S/C27H29BrN2O3S/c1-2-3-4-10-17-32-24-16-15-21(18-22(24)28)26(31)30-27(34)29-23-13-8-9-14-25(23)33-19-20-11-6-5-7-12-20/h5-9,11-16,18H,2-4,10,17,19H2,1H3,(H2,29,30,31,34). The number of benzene rings is 3. The molecular weight excluding hydrogens is 512 g/mol. The minimum atomic E-state index is -0.310. The van der Waals surface area contributed by atoms with Gasteiger partial charge in [0.25, 0.3) is 5.91 Å². The van der Waals surface area contributed by atoms with Gasteiger partial charge in [-0.3, -0.25) is 10.1 Å². The molecule has 0 saturated carbocycles. The molecule has 34 heavy (non-hydrogen) atoms. The fourth-order valence-electron chi connectivity index (χ4n) is 3.23. The van der Waals surface area contributed by atoms with Crippen molar-refractivity contribution in [3.05, 3.63) is 88.4 Å². The number of hydrogen-bond donors (Lipinski definition) is 2. The van der Waals surface area contributed by atoms with Crippen molar-refractivity contribution in [1.29, 1.82) is 0 Å². The van der Waals surface area contributed by atoms with Gasteiger partial charge < -0.3 is 14.8 Å². The lowest BCUT2D eigenvalue weighted by Gasteiger charge is -2.15. The average molecular weight is 542 g/mol. The van der Waals surface area contributed by atoms with Crippen molar-refractivity contribution in [2.24, 2.45) is 0 Å². The Morgan fingerprint density at radius 1 is 0.912 bits per heavy atom. The predicted octanol–water partition coefficient (Wildman–Crippen LogP) is 7.11. The topological polar surface area (TPSA) is 59.6 Å². The maximum atomic E-state index is 12.7. The van der Waals surface area contributed by atoms with Crippen LogP contribution in [0.15, 0.2) is 77.3 Å². The van der Waals surface area contributed by atoms with E-state index in [0.29, 0.717) is 30.2 Å². The molecule has 178 valence electrons. The van der Waals surface area contributed by atoms with Gasteiger partial charge >= 0.3 is 0 Å². The van der Waals surface area contributed by atoms with Gasteiger partial charge in [-0.2, -0.15) is 0 Å². The Hall–Kier alpha value is -2.90. The first-order chi connectivity index (χ1) is 16.6. The molecule has 0 aromatic heterocycles. The van der Waals surface area contributed by atoms with E-state index in [4.69, 9.17) is 21.7 Å². The molecule has 5 nitrogen and oxygen atoms in total. The summed E-state index contributed by atoms with van der Waals surface area (Å²) in [6, 6.07) is 22.6. The van der Waals surface area contributed by atoms with E-state index in [1.54, 1.807) is 18.2 Å². The van der Waals surface area contributed by atoms with Crippen molar-refractivity contribution < 1.29 is 14.3 Å². The molecule has 0 unspecified atom stereocenters. The smallest absolute Gasteiger partial charge is 0.257 e. The van der Waals surface area contributed by atoms with Gasteiger partial charge in [0.15, 0.2) is 5.11 Å². The Morgan fingerprint density at radius 3 is 2.44 bits per heavy atom. The summed E-state index contributed by atoms with van der Waals surface area (Å²) in [5.41, 5.74) is 2.21. The maximum absolute atomic E-state index is 12.7. The summed E-state index contributed by atoms with van der Waals surface area (Å²) in [4.78, 5) is 12.7. The molecule has 0 heterocycles. The molecule has 0 aliphatic heterocycles. The number of hydrogen-bond acceptors (Lipinski definition) is 4. The number of unbranched alkanes of at least 4 members (excludes halogenated alkanes) is 3. The van der Waals surface area contributed by atoms with Crippen LogP contribution in [0, 0.1) is 0 Å². The molecule has 0 aliphatic carbocycles. The van der Waals surface area contributed by atoms with Crippen LogP contribution in [0.2, 0.25) is 0 Å². The highest BCUT2D eigenvalue weighted by Gasteiger charge is 2.12. The normalized spacial score (nSPS) is 10.4. The number of thiocarbonyl (C=S) groups is 1. The third-order valence-electron chi connectivity index (χ3n) is 5.05. The number of carbonyl (C=O) groups excluding carboxylic acids is 1. The molecule has 2 N–H and O–H groups in total. The average Bonchev–Trinajstić information content (AvgIpc) is 2.84. The van der Waals surface area contributed by atoms with Gasteiger partial charge in [-0.05, 0) is 70.5 Å². The van der Waals surface area contributed by atoms with Crippen molar-refractivity contribution in [2.45, 2.75) is 39.2 Å². The zero-order valence-corrected chi connectivity index (χ0v) is 21.6. The monoisotopic (exact) mass is 540 g/mol. The summed E-state index contributed by atoms with van der Waals surface area (Å²) in [5, 5.41) is 5.97. The first-order valence-electron chi connectivity index (χ1n) is 11.4. The summed E-state index contributed by atoms with van der Waals surface area (Å²) >= 11 is 8.86. The molecule has 0 atom stereocenters. The summed E-state index contributed by atoms with van der Waals surface area (Å²) in [5.74, 6) is 1.06. The number of rotatable bonds is 11. The van der Waals surface area contributed by atoms with Crippen molar-refractivity contribution in [1.82, 2.24) is 5.32 Å². The maximum Gasteiger partial charge on any atom is 0.257 e. The van der Waals surface area contributed by atoms with E-state index in [-0.39, 0.29) is 11.0 Å². The quantitative estimate of drug-likeness (QED) is 0.200. The highest BCUT2D eigenvalue weighted by atomic mass is 79.9. The Morgan fingerprint density at radius 2 is 1.68 bits per heavy atom. The van der Waals surface area contributed by atoms with E-state index >= 15 is 0 Å². The lowest BCUT2D eigenvalue weighted by molar-refractivity contribution is 0.0977. The number of ether oxygens (including phenoxy) is 2. The van der Waals surface area contributed by atoms with E-state index < -0.39 is 0 Å². The molecule has 3 aromatic carbocycles. The highest BCUT2D eigenvalue weighted by Crippen LogP contribution is 2.27. The van der Waals surface area contributed by atoms with Crippen molar-refractivity contribution in [2.75, 3.05) is 11.9 Å². The number of carbonyl (C=O) groups is 1. The minimum Gasteiger partial charge on any atom is -0.492 e. The van der Waals surface area contributed by atoms with E-state index in [2.05, 4.69) is 33.5 Å². The molecule has 0 saturated heterocycles. The van der Waals surface area contributed by atoms with Crippen LogP contribution in [0.1, 0.15) is 48.5 Å². The van der Waals surface area contributed by atoms with Crippen LogP contribution in [0.3, 0.4) is 0 Å². The molecule has 3 aromatic rings. The van der Waals surface area contributed by atoms with Gasteiger partial charge in [-0.15, -0.1) is 0 Å². The van der Waals surface area contributed by atoms with Gasteiger partial charge in [0.1, 0.15) is 18.1 Å². The largest absolute Gasteiger partial charge is 0.492 e.